The largest absolute Gasteiger partial charge is 0.482 e. The van der Waals surface area contributed by atoms with Crippen LogP contribution in [0.2, 0.25) is 10.0 Å². The molecule has 0 bridgehead atoms. The van der Waals surface area contributed by atoms with Gasteiger partial charge >= 0.3 is 0 Å². The van der Waals surface area contributed by atoms with Crippen LogP contribution in [0.1, 0.15) is 0 Å². The Kier molecular flexibility index (Phi) is 5.65. The Morgan fingerprint density at radius 1 is 1.40 bits per heavy atom. The van der Waals surface area contributed by atoms with Crippen molar-refractivity contribution in [1.29, 1.82) is 0 Å². The minimum absolute atomic E-state index is 0.0555. The number of ether oxygens (including phenoxy) is 1. The first kappa shape index (κ1) is 16.6. The number of nitrogens with two attached hydrogens (primary N) is 1. The lowest BCUT2D eigenvalue weighted by Gasteiger charge is -2.10. The number of hydrogen-bond acceptors (Lipinski definition) is 4. The van der Waals surface area contributed by atoms with Crippen LogP contribution in [-0.4, -0.2) is 27.5 Å². The van der Waals surface area contributed by atoms with Gasteiger partial charge in [-0.3, -0.25) is 4.79 Å². The van der Waals surface area contributed by atoms with Crippen LogP contribution in [0.4, 0.5) is 0 Å². The standard InChI is InChI=1S/C11H10Cl2N2O4S/c1-2-5-15-9(16)6-19-7-3-4-8(20(14,17)18)11(13)10(7)12/h1,3-4H,5-6H2,(H,15,16)(H2,14,17,18). The van der Waals surface area contributed by atoms with Crippen molar-refractivity contribution in [3.8, 4) is 18.1 Å². The lowest BCUT2D eigenvalue weighted by Crippen LogP contribution is -2.29. The smallest absolute Gasteiger partial charge is 0.258 e. The minimum atomic E-state index is -3.99. The van der Waals surface area contributed by atoms with Crippen molar-refractivity contribution >= 4 is 39.1 Å². The molecule has 3 N–H and O–H groups in total. The molecule has 0 heterocycles. The summed E-state index contributed by atoms with van der Waals surface area (Å²) in [6.45, 7) is -0.270. The Labute approximate surface area is 126 Å². The Bertz CT molecular complexity index is 668. The lowest BCUT2D eigenvalue weighted by atomic mass is 10.3. The molecule has 0 aromatic heterocycles. The first-order valence-electron chi connectivity index (χ1n) is 5.11. The number of halogens is 2. The molecule has 0 aliphatic rings. The third-order valence-corrected chi connectivity index (χ3v) is 3.99. The highest BCUT2D eigenvalue weighted by molar-refractivity contribution is 7.89. The average Bonchev–Trinajstić information content (AvgIpc) is 2.36. The molecule has 9 heteroatoms. The number of primary sulfonamides is 1. The second-order valence-electron chi connectivity index (χ2n) is 3.50. The molecular formula is C11H10Cl2N2O4S. The summed E-state index contributed by atoms with van der Waals surface area (Å²) in [6.07, 6.45) is 4.97. The van der Waals surface area contributed by atoms with E-state index < -0.39 is 15.9 Å². The molecule has 1 rings (SSSR count). The van der Waals surface area contributed by atoms with Crippen LogP contribution in [0.5, 0.6) is 5.75 Å². The third-order valence-electron chi connectivity index (χ3n) is 2.06. The maximum atomic E-state index is 11.3. The Balaban J connectivity index is 2.87. The van der Waals surface area contributed by atoms with Gasteiger partial charge in [0.25, 0.3) is 5.91 Å². The van der Waals surface area contributed by atoms with E-state index in [1.165, 1.54) is 6.07 Å². The Morgan fingerprint density at radius 3 is 2.60 bits per heavy atom. The number of amides is 1. The predicted molar refractivity (Wildman–Crippen MR) is 75.2 cm³/mol. The number of hydrogen-bond donors (Lipinski definition) is 2. The van der Waals surface area contributed by atoms with Crippen molar-refractivity contribution in [2.45, 2.75) is 4.90 Å². The van der Waals surface area contributed by atoms with E-state index in [1.54, 1.807) is 0 Å². The topological polar surface area (TPSA) is 98.5 Å². The Morgan fingerprint density at radius 2 is 2.05 bits per heavy atom. The number of rotatable bonds is 5. The number of carbonyl (C=O) groups excluding carboxylic acids is 1. The summed E-state index contributed by atoms with van der Waals surface area (Å²) in [5, 5.41) is 6.92. The third kappa shape index (κ3) is 4.28. The highest BCUT2D eigenvalue weighted by Crippen LogP contribution is 2.36. The number of nitrogens with one attached hydrogen (secondary N) is 1. The summed E-state index contributed by atoms with van der Waals surface area (Å²) < 4.78 is 27.5. The first-order valence-corrected chi connectivity index (χ1v) is 7.41. The van der Waals surface area contributed by atoms with Crippen LogP contribution < -0.4 is 15.2 Å². The molecule has 20 heavy (non-hydrogen) atoms. The number of terminal acetylenes is 1. The monoisotopic (exact) mass is 336 g/mol. The van der Waals surface area contributed by atoms with Gasteiger partial charge in [0.15, 0.2) is 6.61 Å². The van der Waals surface area contributed by atoms with E-state index in [2.05, 4.69) is 11.2 Å². The van der Waals surface area contributed by atoms with Gasteiger partial charge < -0.3 is 10.1 Å². The fraction of sp³-hybridized carbons (Fsp3) is 0.182. The summed E-state index contributed by atoms with van der Waals surface area (Å²) in [7, 11) is -3.99. The predicted octanol–water partition coefficient (Wildman–Crippen LogP) is 0.769. The summed E-state index contributed by atoms with van der Waals surface area (Å²) >= 11 is 11.6. The maximum Gasteiger partial charge on any atom is 0.258 e. The SMILES string of the molecule is C#CCNC(=O)COc1ccc(S(N)(=O)=O)c(Cl)c1Cl. The van der Waals surface area contributed by atoms with E-state index >= 15 is 0 Å². The highest BCUT2D eigenvalue weighted by Gasteiger charge is 2.18. The van der Waals surface area contributed by atoms with Crippen molar-refractivity contribution in [3.63, 3.8) is 0 Å². The molecule has 0 saturated carbocycles. The van der Waals surface area contributed by atoms with Crippen LogP contribution in [-0.2, 0) is 14.8 Å². The molecule has 0 unspecified atom stereocenters. The molecule has 108 valence electrons. The molecular weight excluding hydrogens is 327 g/mol. The molecule has 1 amide bonds. The zero-order valence-electron chi connectivity index (χ0n) is 10.0. The molecule has 0 spiro atoms. The van der Waals surface area contributed by atoms with Crippen molar-refractivity contribution < 1.29 is 17.9 Å². The minimum Gasteiger partial charge on any atom is -0.482 e. The van der Waals surface area contributed by atoms with Crippen LogP contribution in [0, 0.1) is 12.3 Å². The fourth-order valence-corrected chi connectivity index (χ4v) is 2.55. The normalized spacial score (nSPS) is 10.7. The van der Waals surface area contributed by atoms with E-state index in [0.29, 0.717) is 0 Å². The van der Waals surface area contributed by atoms with Gasteiger partial charge in [-0.15, -0.1) is 6.42 Å². The lowest BCUT2D eigenvalue weighted by molar-refractivity contribution is -0.122. The van der Waals surface area contributed by atoms with Crippen molar-refractivity contribution in [2.24, 2.45) is 5.14 Å². The van der Waals surface area contributed by atoms with Crippen LogP contribution in [0.25, 0.3) is 0 Å². The first-order chi connectivity index (χ1) is 9.27. The van der Waals surface area contributed by atoms with Gasteiger partial charge in [-0.1, -0.05) is 29.1 Å². The quantitative estimate of drug-likeness (QED) is 0.776. The van der Waals surface area contributed by atoms with Gasteiger partial charge in [-0.05, 0) is 12.1 Å². The van der Waals surface area contributed by atoms with E-state index in [1.807, 2.05) is 0 Å². The Hall–Kier alpha value is -1.46. The highest BCUT2D eigenvalue weighted by atomic mass is 35.5. The molecule has 1 aromatic carbocycles. The number of benzene rings is 1. The molecule has 0 aliphatic heterocycles. The van der Waals surface area contributed by atoms with E-state index in [-0.39, 0.29) is 33.8 Å². The summed E-state index contributed by atoms with van der Waals surface area (Å²) in [4.78, 5) is 10.9. The summed E-state index contributed by atoms with van der Waals surface area (Å²) in [5.74, 6) is 1.83. The summed E-state index contributed by atoms with van der Waals surface area (Å²) in [5.41, 5.74) is 0. The maximum absolute atomic E-state index is 11.3. The van der Waals surface area contributed by atoms with E-state index in [9.17, 15) is 13.2 Å². The van der Waals surface area contributed by atoms with E-state index in [0.717, 1.165) is 6.07 Å². The molecule has 0 radical (unpaired) electrons. The summed E-state index contributed by atoms with van der Waals surface area (Å²) in [6, 6.07) is 2.39. The number of sulfonamides is 1. The van der Waals surface area contributed by atoms with Gasteiger partial charge in [0, 0.05) is 0 Å². The van der Waals surface area contributed by atoms with Gasteiger partial charge in [0.2, 0.25) is 10.0 Å². The molecule has 0 aliphatic carbocycles. The van der Waals surface area contributed by atoms with Gasteiger partial charge in [-0.25, -0.2) is 13.6 Å². The van der Waals surface area contributed by atoms with Gasteiger partial charge in [-0.2, -0.15) is 0 Å². The molecule has 6 nitrogen and oxygen atoms in total. The fourth-order valence-electron chi connectivity index (χ4n) is 1.19. The molecule has 0 saturated heterocycles. The van der Waals surface area contributed by atoms with Crippen molar-refractivity contribution in [2.75, 3.05) is 13.2 Å². The van der Waals surface area contributed by atoms with Crippen LogP contribution in [0.15, 0.2) is 17.0 Å². The second-order valence-corrected chi connectivity index (χ2v) is 5.79. The van der Waals surface area contributed by atoms with Crippen molar-refractivity contribution in [3.05, 3.63) is 22.2 Å². The van der Waals surface area contributed by atoms with Crippen LogP contribution >= 0.6 is 23.2 Å². The van der Waals surface area contributed by atoms with Crippen LogP contribution in [0.3, 0.4) is 0 Å². The van der Waals surface area contributed by atoms with Gasteiger partial charge in [0.05, 0.1) is 11.6 Å². The molecule has 0 fully saturated rings. The average molecular weight is 337 g/mol. The van der Waals surface area contributed by atoms with Crippen molar-refractivity contribution in [1.82, 2.24) is 5.32 Å². The zero-order valence-corrected chi connectivity index (χ0v) is 12.3. The zero-order chi connectivity index (χ0) is 15.3. The van der Waals surface area contributed by atoms with Gasteiger partial charge in [0.1, 0.15) is 15.7 Å². The number of carbonyl (C=O) groups is 1. The molecule has 0 atom stereocenters. The second kappa shape index (κ2) is 6.81. The molecule has 1 aromatic rings. The van der Waals surface area contributed by atoms with E-state index in [4.69, 9.17) is 39.5 Å².